The second-order valence-corrected chi connectivity index (χ2v) is 4.12. The van der Waals surface area contributed by atoms with E-state index in [9.17, 15) is 4.79 Å². The van der Waals surface area contributed by atoms with Crippen LogP contribution in [-0.4, -0.2) is 32.6 Å². The van der Waals surface area contributed by atoms with Crippen LogP contribution < -0.4 is 5.32 Å². The highest BCUT2D eigenvalue weighted by Crippen LogP contribution is 2.17. The van der Waals surface area contributed by atoms with Crippen molar-refractivity contribution in [1.82, 2.24) is 15.0 Å². The Balaban J connectivity index is 1.83. The van der Waals surface area contributed by atoms with Crippen molar-refractivity contribution >= 4 is 22.4 Å². The van der Waals surface area contributed by atoms with Crippen LogP contribution in [-0.2, 0) is 6.42 Å². The molecule has 0 unspecified atom stereocenters. The molecule has 7 heteroatoms. The summed E-state index contributed by atoms with van der Waals surface area (Å²) in [5, 5.41) is 12.4. The number of carboxylic acid groups (broad SMARTS) is 1. The van der Waals surface area contributed by atoms with Crippen LogP contribution in [0.25, 0.3) is 0 Å². The van der Waals surface area contributed by atoms with Gasteiger partial charge in [0, 0.05) is 24.9 Å². The van der Waals surface area contributed by atoms with E-state index in [0.29, 0.717) is 11.7 Å². The number of imidazole rings is 1. The van der Waals surface area contributed by atoms with E-state index in [1.54, 1.807) is 12.5 Å². The van der Waals surface area contributed by atoms with Crippen LogP contribution in [0.3, 0.4) is 0 Å². The van der Waals surface area contributed by atoms with Crippen LogP contribution in [0.1, 0.15) is 15.4 Å². The molecular formula is C9H10N4O2S. The SMILES string of the molecule is O=C(O)c1cnc(NCCc2cnc[nH]2)s1. The molecular weight excluding hydrogens is 228 g/mol. The zero-order chi connectivity index (χ0) is 11.4. The predicted octanol–water partition coefficient (Wildman–Crippen LogP) is 1.22. The normalized spacial score (nSPS) is 10.2. The number of hydrogen-bond acceptors (Lipinski definition) is 5. The summed E-state index contributed by atoms with van der Waals surface area (Å²) in [6.07, 6.45) is 5.53. The number of carboxylic acids is 1. The van der Waals surface area contributed by atoms with E-state index in [1.165, 1.54) is 6.20 Å². The van der Waals surface area contributed by atoms with E-state index in [4.69, 9.17) is 5.11 Å². The number of aromatic carboxylic acids is 1. The lowest BCUT2D eigenvalue weighted by Gasteiger charge is -1.99. The number of H-pyrrole nitrogens is 1. The molecule has 0 atom stereocenters. The molecule has 16 heavy (non-hydrogen) atoms. The molecule has 2 aromatic rings. The van der Waals surface area contributed by atoms with Gasteiger partial charge in [0.05, 0.1) is 12.5 Å². The van der Waals surface area contributed by atoms with Gasteiger partial charge in [-0.05, 0) is 0 Å². The van der Waals surface area contributed by atoms with Gasteiger partial charge in [0.15, 0.2) is 5.13 Å². The topological polar surface area (TPSA) is 90.9 Å². The number of nitrogens with zero attached hydrogens (tertiary/aromatic N) is 2. The third-order valence-electron chi connectivity index (χ3n) is 1.94. The fraction of sp³-hybridized carbons (Fsp3) is 0.222. The predicted molar refractivity (Wildman–Crippen MR) is 59.9 cm³/mol. The second-order valence-electron chi connectivity index (χ2n) is 3.09. The lowest BCUT2D eigenvalue weighted by molar-refractivity contribution is 0.0702. The Morgan fingerprint density at radius 1 is 1.56 bits per heavy atom. The number of thiazole rings is 1. The van der Waals surface area contributed by atoms with Crippen molar-refractivity contribution in [1.29, 1.82) is 0 Å². The summed E-state index contributed by atoms with van der Waals surface area (Å²) in [6.45, 7) is 0.689. The van der Waals surface area contributed by atoms with Crippen molar-refractivity contribution in [2.45, 2.75) is 6.42 Å². The average molecular weight is 238 g/mol. The van der Waals surface area contributed by atoms with Gasteiger partial charge in [-0.1, -0.05) is 11.3 Å². The van der Waals surface area contributed by atoms with Gasteiger partial charge in [-0.2, -0.15) is 0 Å². The van der Waals surface area contributed by atoms with Crippen LogP contribution in [0.5, 0.6) is 0 Å². The summed E-state index contributed by atoms with van der Waals surface area (Å²) in [5.41, 5.74) is 1.03. The number of nitrogens with one attached hydrogen (secondary N) is 2. The molecule has 84 valence electrons. The molecule has 0 spiro atoms. The Labute approximate surface area is 95.4 Å². The van der Waals surface area contributed by atoms with Crippen molar-refractivity contribution in [3.05, 3.63) is 29.3 Å². The molecule has 0 bridgehead atoms. The van der Waals surface area contributed by atoms with Crippen LogP contribution in [0.2, 0.25) is 0 Å². The van der Waals surface area contributed by atoms with Gasteiger partial charge in [0.25, 0.3) is 0 Å². The second kappa shape index (κ2) is 4.75. The number of carbonyl (C=O) groups is 1. The molecule has 0 amide bonds. The summed E-state index contributed by atoms with van der Waals surface area (Å²) in [5.74, 6) is -0.945. The Morgan fingerprint density at radius 2 is 2.44 bits per heavy atom. The number of aromatic amines is 1. The minimum absolute atomic E-state index is 0.240. The highest BCUT2D eigenvalue weighted by atomic mass is 32.1. The summed E-state index contributed by atoms with van der Waals surface area (Å²) >= 11 is 1.13. The number of anilines is 1. The summed E-state index contributed by atoms with van der Waals surface area (Å²) in [6, 6.07) is 0. The third kappa shape index (κ3) is 2.57. The Bertz CT molecular complexity index is 466. The van der Waals surface area contributed by atoms with Gasteiger partial charge in [0.1, 0.15) is 4.88 Å². The first-order chi connectivity index (χ1) is 7.75. The molecule has 0 aromatic carbocycles. The highest BCUT2D eigenvalue weighted by molar-refractivity contribution is 7.17. The number of hydrogen-bond donors (Lipinski definition) is 3. The highest BCUT2D eigenvalue weighted by Gasteiger charge is 2.07. The van der Waals surface area contributed by atoms with E-state index in [1.807, 2.05) is 0 Å². The van der Waals surface area contributed by atoms with Crippen LogP contribution in [0.4, 0.5) is 5.13 Å². The Hall–Kier alpha value is -1.89. The lowest BCUT2D eigenvalue weighted by Crippen LogP contribution is -2.04. The molecule has 6 nitrogen and oxygen atoms in total. The zero-order valence-electron chi connectivity index (χ0n) is 8.30. The Morgan fingerprint density at radius 3 is 3.06 bits per heavy atom. The minimum atomic E-state index is -0.945. The van der Waals surface area contributed by atoms with Crippen molar-refractivity contribution in [3.8, 4) is 0 Å². The lowest BCUT2D eigenvalue weighted by atomic mass is 10.3. The maximum Gasteiger partial charge on any atom is 0.347 e. The van der Waals surface area contributed by atoms with E-state index in [2.05, 4.69) is 20.3 Å². The molecule has 0 saturated carbocycles. The molecule has 0 aliphatic carbocycles. The van der Waals surface area contributed by atoms with Gasteiger partial charge >= 0.3 is 5.97 Å². The van der Waals surface area contributed by atoms with E-state index in [-0.39, 0.29) is 4.88 Å². The first-order valence-electron chi connectivity index (χ1n) is 4.66. The first-order valence-corrected chi connectivity index (χ1v) is 5.47. The number of rotatable bonds is 5. The molecule has 2 aromatic heterocycles. The van der Waals surface area contributed by atoms with Crippen molar-refractivity contribution in [3.63, 3.8) is 0 Å². The molecule has 0 radical (unpaired) electrons. The maximum absolute atomic E-state index is 10.6. The number of aromatic nitrogens is 3. The fourth-order valence-electron chi connectivity index (χ4n) is 1.18. The minimum Gasteiger partial charge on any atom is -0.477 e. The monoisotopic (exact) mass is 238 g/mol. The summed E-state index contributed by atoms with van der Waals surface area (Å²) in [4.78, 5) is 21.7. The summed E-state index contributed by atoms with van der Waals surface area (Å²) in [7, 11) is 0. The van der Waals surface area contributed by atoms with Gasteiger partial charge in [-0.15, -0.1) is 0 Å². The van der Waals surface area contributed by atoms with Crippen LogP contribution in [0, 0.1) is 0 Å². The molecule has 0 fully saturated rings. The van der Waals surface area contributed by atoms with E-state index >= 15 is 0 Å². The molecule has 2 rings (SSSR count). The zero-order valence-corrected chi connectivity index (χ0v) is 9.12. The van der Waals surface area contributed by atoms with Gasteiger partial charge in [0.2, 0.25) is 0 Å². The van der Waals surface area contributed by atoms with Gasteiger partial charge in [-0.25, -0.2) is 14.8 Å². The molecule has 0 aliphatic heterocycles. The summed E-state index contributed by atoms with van der Waals surface area (Å²) < 4.78 is 0. The first kappa shape index (κ1) is 10.6. The largest absolute Gasteiger partial charge is 0.477 e. The smallest absolute Gasteiger partial charge is 0.347 e. The fourth-order valence-corrected chi connectivity index (χ4v) is 1.86. The van der Waals surface area contributed by atoms with Crippen molar-refractivity contribution in [2.75, 3.05) is 11.9 Å². The standard InChI is InChI=1S/C9H10N4O2S/c14-8(15)7-4-12-9(16-7)11-2-1-6-3-10-5-13-6/h3-5H,1-2H2,(H,10,13)(H,11,12)(H,14,15). The average Bonchev–Trinajstić information content (AvgIpc) is 2.87. The van der Waals surface area contributed by atoms with E-state index < -0.39 is 5.97 Å². The Kier molecular flexibility index (Phi) is 3.16. The van der Waals surface area contributed by atoms with Crippen molar-refractivity contribution in [2.24, 2.45) is 0 Å². The van der Waals surface area contributed by atoms with Gasteiger partial charge in [-0.3, -0.25) is 0 Å². The maximum atomic E-state index is 10.6. The van der Waals surface area contributed by atoms with Crippen molar-refractivity contribution < 1.29 is 9.90 Å². The third-order valence-corrected chi connectivity index (χ3v) is 2.88. The molecule has 3 N–H and O–H groups in total. The van der Waals surface area contributed by atoms with Gasteiger partial charge < -0.3 is 15.4 Å². The molecule has 0 saturated heterocycles. The van der Waals surface area contributed by atoms with Crippen LogP contribution in [0.15, 0.2) is 18.7 Å². The quantitative estimate of drug-likeness (QED) is 0.728. The molecule has 2 heterocycles. The van der Waals surface area contributed by atoms with Crippen LogP contribution >= 0.6 is 11.3 Å². The van der Waals surface area contributed by atoms with E-state index in [0.717, 1.165) is 23.5 Å². The molecule has 0 aliphatic rings.